The number of rotatable bonds is 5. The van der Waals surface area contributed by atoms with Gasteiger partial charge in [0.15, 0.2) is 4.60 Å². The molecule has 0 aliphatic carbocycles. The van der Waals surface area contributed by atoms with Gasteiger partial charge in [0.1, 0.15) is 5.75 Å². The first-order valence-electron chi connectivity index (χ1n) is 6.00. The van der Waals surface area contributed by atoms with Crippen LogP contribution in [-0.2, 0) is 23.6 Å². The van der Waals surface area contributed by atoms with Crippen molar-refractivity contribution in [3.05, 3.63) is 34.4 Å². The van der Waals surface area contributed by atoms with Crippen molar-refractivity contribution in [1.82, 2.24) is 19.3 Å². The molecule has 21 heavy (non-hydrogen) atoms. The smallest absolute Gasteiger partial charge is 0.263 e. The first-order chi connectivity index (χ1) is 9.86. The van der Waals surface area contributed by atoms with Gasteiger partial charge >= 0.3 is 0 Å². The summed E-state index contributed by atoms with van der Waals surface area (Å²) in [5, 5.41) is 7.42. The Balaban J connectivity index is 2.29. The molecule has 7 nitrogen and oxygen atoms in total. The predicted octanol–water partition coefficient (Wildman–Crippen LogP) is 1.41. The Morgan fingerprint density at radius 2 is 2.14 bits per heavy atom. The molecule has 0 fully saturated rings. The van der Waals surface area contributed by atoms with Crippen molar-refractivity contribution in [1.29, 1.82) is 0 Å². The number of nitrogens with zero attached hydrogens (tertiary/aromatic N) is 4. The van der Waals surface area contributed by atoms with Crippen LogP contribution in [-0.4, -0.2) is 41.9 Å². The van der Waals surface area contributed by atoms with E-state index in [0.29, 0.717) is 5.75 Å². The summed E-state index contributed by atoms with van der Waals surface area (Å²) in [6, 6.07) is 7.25. The van der Waals surface area contributed by atoms with Gasteiger partial charge in [-0.05, 0) is 33.6 Å². The zero-order chi connectivity index (χ0) is 15.6. The van der Waals surface area contributed by atoms with Crippen LogP contribution in [0.5, 0.6) is 5.75 Å². The van der Waals surface area contributed by atoms with Crippen LogP contribution in [0.4, 0.5) is 0 Å². The molecule has 114 valence electrons. The molecule has 2 rings (SSSR count). The number of methoxy groups -OCH3 is 1. The Labute approximate surface area is 131 Å². The van der Waals surface area contributed by atoms with Crippen LogP contribution in [0.2, 0.25) is 0 Å². The normalized spacial score (nSPS) is 11.9. The topological polar surface area (TPSA) is 77.3 Å². The summed E-state index contributed by atoms with van der Waals surface area (Å²) in [7, 11) is 0.916. The Morgan fingerprint density at radius 3 is 2.71 bits per heavy atom. The molecule has 1 aromatic carbocycles. The standard InChI is InChI=1S/C12H15BrN4O3S/c1-16(8-9-5-4-6-10(7-9)20-3)21(18,19)12-11(13)14-15-17(12)2/h4-7H,8H2,1-3H3. The van der Waals surface area contributed by atoms with Crippen LogP contribution in [0.25, 0.3) is 0 Å². The number of sulfonamides is 1. The average Bonchev–Trinajstić information content (AvgIpc) is 2.78. The Bertz CT molecular complexity index is 725. The van der Waals surface area contributed by atoms with Crippen molar-refractivity contribution in [3.8, 4) is 5.75 Å². The maximum Gasteiger partial charge on any atom is 0.263 e. The molecule has 1 aromatic heterocycles. The zero-order valence-electron chi connectivity index (χ0n) is 11.8. The molecule has 2 aromatic rings. The fraction of sp³-hybridized carbons (Fsp3) is 0.333. The molecule has 0 saturated carbocycles. The highest BCUT2D eigenvalue weighted by Gasteiger charge is 2.28. The van der Waals surface area contributed by atoms with Crippen molar-refractivity contribution in [3.63, 3.8) is 0 Å². The van der Waals surface area contributed by atoms with Crippen molar-refractivity contribution < 1.29 is 13.2 Å². The molecule has 0 aliphatic rings. The number of aromatic nitrogens is 3. The number of aryl methyl sites for hydroxylation is 1. The molecule has 0 radical (unpaired) electrons. The van der Waals surface area contributed by atoms with Crippen LogP contribution in [0.1, 0.15) is 5.56 Å². The van der Waals surface area contributed by atoms with Crippen LogP contribution >= 0.6 is 15.9 Å². The van der Waals surface area contributed by atoms with E-state index < -0.39 is 10.0 Å². The molecule has 0 amide bonds. The fourth-order valence-electron chi connectivity index (χ4n) is 1.86. The maximum absolute atomic E-state index is 12.6. The summed E-state index contributed by atoms with van der Waals surface area (Å²) < 4.78 is 32.9. The van der Waals surface area contributed by atoms with E-state index in [1.165, 1.54) is 23.1 Å². The summed E-state index contributed by atoms with van der Waals surface area (Å²) in [5.74, 6) is 0.682. The van der Waals surface area contributed by atoms with E-state index in [0.717, 1.165) is 5.56 Å². The van der Waals surface area contributed by atoms with Crippen molar-refractivity contribution >= 4 is 26.0 Å². The molecule has 0 spiro atoms. The van der Waals surface area contributed by atoms with Crippen LogP contribution in [0, 0.1) is 0 Å². The zero-order valence-corrected chi connectivity index (χ0v) is 14.2. The monoisotopic (exact) mass is 374 g/mol. The Hall–Kier alpha value is -1.45. The summed E-state index contributed by atoms with van der Waals surface area (Å²) in [6.45, 7) is 0.219. The van der Waals surface area contributed by atoms with E-state index in [1.54, 1.807) is 19.2 Å². The van der Waals surface area contributed by atoms with E-state index >= 15 is 0 Å². The molecule has 0 N–H and O–H groups in total. The van der Waals surface area contributed by atoms with Gasteiger partial charge in [-0.1, -0.05) is 17.3 Å². The van der Waals surface area contributed by atoms with Gasteiger partial charge in [-0.2, -0.15) is 4.31 Å². The van der Waals surface area contributed by atoms with E-state index in [1.807, 2.05) is 12.1 Å². The third-order valence-electron chi connectivity index (χ3n) is 2.93. The van der Waals surface area contributed by atoms with Gasteiger partial charge in [0.25, 0.3) is 10.0 Å². The lowest BCUT2D eigenvalue weighted by Gasteiger charge is -2.17. The van der Waals surface area contributed by atoms with Gasteiger partial charge in [0.05, 0.1) is 7.11 Å². The molecular weight excluding hydrogens is 360 g/mol. The lowest BCUT2D eigenvalue weighted by atomic mass is 10.2. The number of halogens is 1. The molecule has 0 atom stereocenters. The first kappa shape index (κ1) is 15.9. The Morgan fingerprint density at radius 1 is 1.43 bits per heavy atom. The average molecular weight is 375 g/mol. The minimum absolute atomic E-state index is 0.0212. The van der Waals surface area contributed by atoms with Gasteiger partial charge in [-0.25, -0.2) is 13.1 Å². The molecule has 0 unspecified atom stereocenters. The van der Waals surface area contributed by atoms with Crippen molar-refractivity contribution in [2.75, 3.05) is 14.2 Å². The van der Waals surface area contributed by atoms with Gasteiger partial charge in [0, 0.05) is 20.6 Å². The molecule has 0 bridgehead atoms. The second kappa shape index (κ2) is 6.12. The quantitative estimate of drug-likeness (QED) is 0.790. The van der Waals surface area contributed by atoms with Crippen molar-refractivity contribution in [2.24, 2.45) is 7.05 Å². The summed E-state index contributed by atoms with van der Waals surface area (Å²) in [6.07, 6.45) is 0. The Kier molecular flexibility index (Phi) is 4.64. The number of benzene rings is 1. The van der Waals surface area contributed by atoms with E-state index in [-0.39, 0.29) is 16.2 Å². The van der Waals surface area contributed by atoms with Crippen LogP contribution in [0.15, 0.2) is 33.9 Å². The number of ether oxygens (including phenoxy) is 1. The summed E-state index contributed by atoms with van der Waals surface area (Å²) >= 11 is 3.11. The van der Waals surface area contributed by atoms with Gasteiger partial charge < -0.3 is 4.74 Å². The van der Waals surface area contributed by atoms with Gasteiger partial charge in [0.2, 0.25) is 5.03 Å². The largest absolute Gasteiger partial charge is 0.497 e. The third-order valence-corrected chi connectivity index (χ3v) is 5.62. The highest BCUT2D eigenvalue weighted by Crippen LogP contribution is 2.23. The molecule has 0 saturated heterocycles. The SMILES string of the molecule is COc1cccc(CN(C)S(=O)(=O)c2c(Br)nnn2C)c1. The number of hydrogen-bond acceptors (Lipinski definition) is 5. The molecule has 0 aliphatic heterocycles. The minimum Gasteiger partial charge on any atom is -0.497 e. The van der Waals surface area contributed by atoms with Gasteiger partial charge in [-0.15, -0.1) is 5.10 Å². The number of hydrogen-bond donors (Lipinski definition) is 0. The molecule has 9 heteroatoms. The highest BCUT2D eigenvalue weighted by molar-refractivity contribution is 9.10. The second-order valence-electron chi connectivity index (χ2n) is 4.42. The van der Waals surface area contributed by atoms with Crippen molar-refractivity contribution in [2.45, 2.75) is 11.6 Å². The molecule has 1 heterocycles. The first-order valence-corrected chi connectivity index (χ1v) is 8.24. The summed E-state index contributed by atoms with van der Waals surface area (Å²) in [4.78, 5) is 0. The molecular formula is C12H15BrN4O3S. The third kappa shape index (κ3) is 3.25. The highest BCUT2D eigenvalue weighted by atomic mass is 79.9. The second-order valence-corrected chi connectivity index (χ2v) is 7.13. The van der Waals surface area contributed by atoms with Crippen LogP contribution < -0.4 is 4.74 Å². The maximum atomic E-state index is 12.6. The predicted molar refractivity (Wildman–Crippen MR) is 80.3 cm³/mol. The summed E-state index contributed by atoms with van der Waals surface area (Å²) in [5.41, 5.74) is 0.826. The van der Waals surface area contributed by atoms with Crippen LogP contribution in [0.3, 0.4) is 0 Å². The minimum atomic E-state index is -3.69. The van der Waals surface area contributed by atoms with E-state index in [9.17, 15) is 8.42 Å². The van der Waals surface area contributed by atoms with E-state index in [4.69, 9.17) is 4.74 Å². The van der Waals surface area contributed by atoms with Gasteiger partial charge in [-0.3, -0.25) is 0 Å². The fourth-order valence-corrected chi connectivity index (χ4v) is 4.04. The lowest BCUT2D eigenvalue weighted by Crippen LogP contribution is -2.28. The lowest BCUT2D eigenvalue weighted by molar-refractivity contribution is 0.412. The van der Waals surface area contributed by atoms with E-state index in [2.05, 4.69) is 26.2 Å².